The summed E-state index contributed by atoms with van der Waals surface area (Å²) in [5.41, 5.74) is 20.8. The number of furan rings is 1. The first-order valence-electron chi connectivity index (χ1n) is 22.5. The zero-order chi connectivity index (χ0) is 43.7. The molecule has 1 aromatic heterocycles. The van der Waals surface area contributed by atoms with Crippen LogP contribution >= 0.6 is 0 Å². The van der Waals surface area contributed by atoms with Crippen molar-refractivity contribution in [2.75, 3.05) is 9.80 Å². The van der Waals surface area contributed by atoms with E-state index in [4.69, 9.17) is 4.42 Å². The van der Waals surface area contributed by atoms with E-state index in [-0.39, 0.29) is 28.4 Å². The van der Waals surface area contributed by atoms with Gasteiger partial charge in [0.25, 0.3) is 6.71 Å². The second kappa shape index (κ2) is 13.8. The lowest BCUT2D eigenvalue weighted by Crippen LogP contribution is -2.61. The van der Waals surface area contributed by atoms with Crippen molar-refractivity contribution < 1.29 is 4.42 Å². The average molecular weight is 811 g/mol. The monoisotopic (exact) mass is 810 g/mol. The minimum absolute atomic E-state index is 0.0147. The molecule has 62 heavy (non-hydrogen) atoms. The molecule has 2 aliphatic rings. The molecule has 3 nitrogen and oxygen atoms in total. The predicted molar refractivity (Wildman–Crippen MR) is 268 cm³/mol. The van der Waals surface area contributed by atoms with E-state index in [9.17, 15) is 0 Å². The maximum absolute atomic E-state index is 6.47. The molecule has 0 N–H and O–H groups in total. The van der Waals surface area contributed by atoms with E-state index < -0.39 is 0 Å². The van der Waals surface area contributed by atoms with Crippen molar-refractivity contribution in [3.05, 3.63) is 162 Å². The summed E-state index contributed by atoms with van der Waals surface area (Å²) < 4.78 is 6.47. The number of benzene rings is 7. The molecule has 0 bridgehead atoms. The van der Waals surface area contributed by atoms with Gasteiger partial charge >= 0.3 is 0 Å². The minimum Gasteiger partial charge on any atom is -0.456 e. The van der Waals surface area contributed by atoms with Crippen LogP contribution in [0.3, 0.4) is 0 Å². The SMILES string of the molecule is CC(C)(C)c1ccc(N2c3ccc(C(C)(C)C)cc3B3c4cc(C(C)(C)C)ccc4N(c4ccc(C(C)(C)C)c(-c5cccc6oc7ccccc7c56)c4)c4cccc2c43)cc1. The molecule has 0 aliphatic carbocycles. The third-order valence-corrected chi connectivity index (χ3v) is 13.5. The molecule has 8 aromatic rings. The fourth-order valence-corrected chi connectivity index (χ4v) is 10.1. The first-order valence-corrected chi connectivity index (χ1v) is 22.5. The summed E-state index contributed by atoms with van der Waals surface area (Å²) in [7, 11) is 0. The summed E-state index contributed by atoms with van der Waals surface area (Å²) in [5, 5.41) is 2.31. The Morgan fingerprint density at radius 1 is 0.403 bits per heavy atom. The van der Waals surface area contributed by atoms with Gasteiger partial charge in [0.15, 0.2) is 0 Å². The van der Waals surface area contributed by atoms with E-state index in [1.807, 2.05) is 0 Å². The second-order valence-electron chi connectivity index (χ2n) is 21.9. The van der Waals surface area contributed by atoms with Gasteiger partial charge in [-0.25, -0.2) is 0 Å². The van der Waals surface area contributed by atoms with Gasteiger partial charge in [0.05, 0.1) is 0 Å². The fourth-order valence-electron chi connectivity index (χ4n) is 10.1. The topological polar surface area (TPSA) is 19.6 Å². The summed E-state index contributed by atoms with van der Waals surface area (Å²) in [6, 6.07) is 53.0. The molecule has 4 heteroatoms. The Balaban J connectivity index is 1.27. The maximum atomic E-state index is 6.47. The van der Waals surface area contributed by atoms with E-state index >= 15 is 0 Å². The normalized spacial score (nSPS) is 14.0. The highest BCUT2D eigenvalue weighted by Gasteiger charge is 2.44. The molecule has 0 atom stereocenters. The van der Waals surface area contributed by atoms with Crippen LogP contribution in [0.5, 0.6) is 0 Å². The fraction of sp³-hybridized carbons (Fsp3) is 0.276. The molecule has 0 saturated heterocycles. The van der Waals surface area contributed by atoms with Gasteiger partial charge in [-0.1, -0.05) is 162 Å². The Morgan fingerprint density at radius 3 is 1.50 bits per heavy atom. The maximum Gasteiger partial charge on any atom is 0.252 e. The highest BCUT2D eigenvalue weighted by atomic mass is 16.3. The van der Waals surface area contributed by atoms with Crippen molar-refractivity contribution in [2.24, 2.45) is 0 Å². The predicted octanol–water partition coefficient (Wildman–Crippen LogP) is 14.5. The number of para-hydroxylation sites is 1. The summed E-state index contributed by atoms with van der Waals surface area (Å²) in [5.74, 6) is 0. The summed E-state index contributed by atoms with van der Waals surface area (Å²) in [6.45, 7) is 27.9. The summed E-state index contributed by atoms with van der Waals surface area (Å²) >= 11 is 0. The Hall–Kier alpha value is -6.00. The van der Waals surface area contributed by atoms with E-state index in [0.717, 1.165) is 27.6 Å². The molecule has 310 valence electrons. The van der Waals surface area contributed by atoms with Crippen molar-refractivity contribution >= 4 is 79.2 Å². The average Bonchev–Trinajstić information content (AvgIpc) is 3.61. The van der Waals surface area contributed by atoms with Crippen LogP contribution in [0.1, 0.15) is 105 Å². The Labute approximate surface area is 369 Å². The lowest BCUT2D eigenvalue weighted by molar-refractivity contribution is 0.590. The van der Waals surface area contributed by atoms with Crippen molar-refractivity contribution in [2.45, 2.75) is 105 Å². The quantitative estimate of drug-likeness (QED) is 0.166. The van der Waals surface area contributed by atoms with Gasteiger partial charge < -0.3 is 14.2 Å². The third kappa shape index (κ3) is 6.40. The van der Waals surface area contributed by atoms with Crippen LogP contribution < -0.4 is 26.2 Å². The van der Waals surface area contributed by atoms with Crippen LogP contribution in [0.4, 0.5) is 34.1 Å². The minimum atomic E-state index is -0.106. The third-order valence-electron chi connectivity index (χ3n) is 13.5. The first-order chi connectivity index (χ1) is 29.3. The first kappa shape index (κ1) is 40.1. The number of hydrogen-bond donors (Lipinski definition) is 0. The Morgan fingerprint density at radius 2 is 0.919 bits per heavy atom. The number of nitrogens with zero attached hydrogens (tertiary/aromatic N) is 2. The van der Waals surface area contributed by atoms with Gasteiger partial charge in [-0.15, -0.1) is 0 Å². The van der Waals surface area contributed by atoms with Crippen LogP contribution in [0.25, 0.3) is 33.1 Å². The van der Waals surface area contributed by atoms with E-state index in [2.05, 4.69) is 232 Å². The van der Waals surface area contributed by atoms with Crippen molar-refractivity contribution in [3.8, 4) is 11.1 Å². The van der Waals surface area contributed by atoms with Gasteiger partial charge in [0.1, 0.15) is 11.2 Å². The highest BCUT2D eigenvalue weighted by Crippen LogP contribution is 2.48. The van der Waals surface area contributed by atoms with E-state index in [1.54, 1.807) is 0 Å². The summed E-state index contributed by atoms with van der Waals surface area (Å²) in [4.78, 5) is 5.08. The standard InChI is InChI=1S/C58H59BN2O/c1-55(2,3)36-23-27-39(28-24-36)60-47-31-25-37(56(4,5)6)33-45(47)59-46-34-38(57(7,8)9)26-32-48(46)61(50-20-16-19-49(60)54(50)59)40-29-30-44(58(10,11)12)43(35-40)41-18-15-22-52-53(41)42-17-13-14-21-51(42)62-52/h13-35H,1-12H3. The second-order valence-corrected chi connectivity index (χ2v) is 21.9. The number of fused-ring (bicyclic) bond motifs is 7. The zero-order valence-electron chi connectivity index (χ0n) is 38.7. The van der Waals surface area contributed by atoms with E-state index in [1.165, 1.54) is 78.2 Å². The van der Waals surface area contributed by atoms with Gasteiger partial charge in [-0.3, -0.25) is 0 Å². The van der Waals surface area contributed by atoms with Crippen LogP contribution in [0.15, 0.2) is 144 Å². The molecule has 0 amide bonds. The Bertz CT molecular complexity index is 3070. The van der Waals surface area contributed by atoms with Gasteiger partial charge in [0.2, 0.25) is 0 Å². The molecule has 0 spiro atoms. The lowest BCUT2D eigenvalue weighted by atomic mass is 9.33. The van der Waals surface area contributed by atoms with Gasteiger partial charge in [-0.05, 0) is 132 Å². The van der Waals surface area contributed by atoms with Crippen LogP contribution in [-0.2, 0) is 21.7 Å². The van der Waals surface area contributed by atoms with Crippen LogP contribution in [0.2, 0.25) is 0 Å². The molecule has 7 aromatic carbocycles. The smallest absolute Gasteiger partial charge is 0.252 e. The van der Waals surface area contributed by atoms with E-state index in [0.29, 0.717) is 0 Å². The van der Waals surface area contributed by atoms with Crippen molar-refractivity contribution in [3.63, 3.8) is 0 Å². The number of hydrogen-bond acceptors (Lipinski definition) is 3. The molecular weight excluding hydrogens is 751 g/mol. The lowest BCUT2D eigenvalue weighted by Gasteiger charge is -2.45. The van der Waals surface area contributed by atoms with Gasteiger partial charge in [-0.2, -0.15) is 0 Å². The molecule has 0 unspecified atom stereocenters. The number of rotatable bonds is 3. The molecule has 10 rings (SSSR count). The van der Waals surface area contributed by atoms with Crippen LogP contribution in [0, 0.1) is 0 Å². The molecule has 2 aliphatic heterocycles. The van der Waals surface area contributed by atoms with Crippen molar-refractivity contribution in [1.82, 2.24) is 0 Å². The zero-order valence-corrected chi connectivity index (χ0v) is 38.7. The molecule has 0 saturated carbocycles. The Kier molecular flexibility index (Phi) is 8.89. The van der Waals surface area contributed by atoms with Crippen LogP contribution in [-0.4, -0.2) is 6.71 Å². The molecule has 3 heterocycles. The summed E-state index contributed by atoms with van der Waals surface area (Å²) in [6.07, 6.45) is 0. The van der Waals surface area contributed by atoms with Crippen molar-refractivity contribution in [1.29, 1.82) is 0 Å². The molecule has 0 radical (unpaired) electrons. The largest absolute Gasteiger partial charge is 0.456 e. The number of anilines is 6. The highest BCUT2D eigenvalue weighted by molar-refractivity contribution is 7.00. The molecular formula is C58H59BN2O. The van der Waals surface area contributed by atoms with Gasteiger partial charge in [0, 0.05) is 44.9 Å². The molecule has 0 fully saturated rings.